The molecule has 33 heavy (non-hydrogen) atoms. The smallest absolute Gasteiger partial charge is 0.242 e. The lowest BCUT2D eigenvalue weighted by atomic mass is 10.0. The zero-order valence-electron chi connectivity index (χ0n) is 19.1. The SMILES string of the molecule is C=CCN1C(=O)[C@H](CC(=O)Nc2c(C)cc(C)cc2C)SC1=Nc1cccc2ccccc12. The van der Waals surface area contributed by atoms with Gasteiger partial charge in [-0.3, -0.25) is 14.5 Å². The molecule has 1 aliphatic rings. The maximum atomic E-state index is 13.1. The fourth-order valence-corrected chi connectivity index (χ4v) is 5.33. The first kappa shape index (κ1) is 22.8. The lowest BCUT2D eigenvalue weighted by Crippen LogP contribution is -2.33. The van der Waals surface area contributed by atoms with Gasteiger partial charge in [0.15, 0.2) is 5.17 Å². The van der Waals surface area contributed by atoms with Gasteiger partial charge in [-0.1, -0.05) is 71.9 Å². The normalized spacial score (nSPS) is 17.1. The largest absolute Gasteiger partial charge is 0.326 e. The maximum Gasteiger partial charge on any atom is 0.242 e. The zero-order valence-corrected chi connectivity index (χ0v) is 19.9. The number of carbonyl (C=O) groups is 2. The van der Waals surface area contributed by atoms with Crippen LogP contribution in [-0.2, 0) is 9.59 Å². The van der Waals surface area contributed by atoms with Crippen LogP contribution in [0.5, 0.6) is 0 Å². The number of thioether (sulfide) groups is 1. The van der Waals surface area contributed by atoms with Gasteiger partial charge in [0.2, 0.25) is 11.8 Å². The van der Waals surface area contributed by atoms with Gasteiger partial charge >= 0.3 is 0 Å². The average Bonchev–Trinajstić information content (AvgIpc) is 3.05. The van der Waals surface area contributed by atoms with Gasteiger partial charge in [-0.25, -0.2) is 4.99 Å². The summed E-state index contributed by atoms with van der Waals surface area (Å²) in [4.78, 5) is 32.4. The van der Waals surface area contributed by atoms with E-state index in [0.29, 0.717) is 11.7 Å². The average molecular weight is 458 g/mol. The van der Waals surface area contributed by atoms with Crippen molar-refractivity contribution in [3.63, 3.8) is 0 Å². The maximum absolute atomic E-state index is 13.1. The standard InChI is InChI=1S/C27H27N3O2S/c1-5-13-30-26(32)23(16-24(31)29-25-18(3)14-17(2)15-19(25)4)33-27(30)28-22-12-8-10-20-9-6-7-11-21(20)22/h5-12,14-15,23H,1,13,16H2,2-4H3,(H,29,31)/t23-/m0/s1. The highest BCUT2D eigenvalue weighted by Crippen LogP contribution is 2.34. The van der Waals surface area contributed by atoms with Gasteiger partial charge in [-0.15, -0.1) is 6.58 Å². The van der Waals surface area contributed by atoms with Crippen molar-refractivity contribution < 1.29 is 9.59 Å². The van der Waals surface area contributed by atoms with Crippen LogP contribution in [0.4, 0.5) is 11.4 Å². The van der Waals surface area contributed by atoms with Crippen molar-refractivity contribution in [3.05, 3.63) is 83.9 Å². The molecule has 5 nitrogen and oxygen atoms in total. The van der Waals surface area contributed by atoms with Crippen LogP contribution in [0.1, 0.15) is 23.1 Å². The Labute approximate surface area is 198 Å². The van der Waals surface area contributed by atoms with Crippen molar-refractivity contribution in [2.75, 3.05) is 11.9 Å². The van der Waals surface area contributed by atoms with Gasteiger partial charge in [0.25, 0.3) is 0 Å². The van der Waals surface area contributed by atoms with E-state index in [4.69, 9.17) is 4.99 Å². The number of amides is 2. The molecule has 3 aromatic carbocycles. The first-order valence-corrected chi connectivity index (χ1v) is 11.8. The summed E-state index contributed by atoms with van der Waals surface area (Å²) in [6.45, 7) is 10.1. The van der Waals surface area contributed by atoms with Crippen molar-refractivity contribution in [2.24, 2.45) is 4.99 Å². The van der Waals surface area contributed by atoms with E-state index in [2.05, 4.69) is 11.9 Å². The van der Waals surface area contributed by atoms with Crippen LogP contribution in [0.25, 0.3) is 10.8 Å². The first-order chi connectivity index (χ1) is 15.9. The molecule has 6 heteroatoms. The van der Waals surface area contributed by atoms with E-state index in [1.54, 1.807) is 11.0 Å². The van der Waals surface area contributed by atoms with Gasteiger partial charge in [-0.2, -0.15) is 0 Å². The molecule has 1 heterocycles. The Morgan fingerprint density at radius 1 is 1.12 bits per heavy atom. The summed E-state index contributed by atoms with van der Waals surface area (Å²) in [5, 5.41) is 5.18. The molecule has 4 rings (SSSR count). The summed E-state index contributed by atoms with van der Waals surface area (Å²) in [7, 11) is 0. The molecule has 1 aliphatic heterocycles. The number of aryl methyl sites for hydroxylation is 3. The molecule has 1 N–H and O–H groups in total. The molecule has 1 atom stereocenters. The second-order valence-corrected chi connectivity index (χ2v) is 9.43. The molecular weight excluding hydrogens is 430 g/mol. The van der Waals surface area contributed by atoms with Crippen LogP contribution < -0.4 is 5.32 Å². The fourth-order valence-electron chi connectivity index (χ4n) is 4.17. The van der Waals surface area contributed by atoms with Crippen molar-refractivity contribution >= 4 is 50.9 Å². The highest BCUT2D eigenvalue weighted by molar-refractivity contribution is 8.15. The van der Waals surface area contributed by atoms with E-state index in [9.17, 15) is 9.59 Å². The van der Waals surface area contributed by atoms with E-state index >= 15 is 0 Å². The van der Waals surface area contributed by atoms with Gasteiger partial charge < -0.3 is 5.32 Å². The zero-order chi connectivity index (χ0) is 23.5. The molecule has 168 valence electrons. The minimum atomic E-state index is -0.523. The van der Waals surface area contributed by atoms with E-state index in [1.165, 1.54) is 11.8 Å². The molecule has 2 amide bonds. The number of aliphatic imine (C=N–C) groups is 1. The van der Waals surface area contributed by atoms with E-state index in [1.807, 2.05) is 75.4 Å². The number of fused-ring (bicyclic) bond motifs is 1. The molecule has 0 spiro atoms. The summed E-state index contributed by atoms with van der Waals surface area (Å²) >= 11 is 1.34. The Kier molecular flexibility index (Phi) is 6.65. The summed E-state index contributed by atoms with van der Waals surface area (Å²) in [6, 6.07) is 18.0. The van der Waals surface area contributed by atoms with Crippen LogP contribution >= 0.6 is 11.8 Å². The van der Waals surface area contributed by atoms with Gasteiger partial charge in [0, 0.05) is 24.0 Å². The third kappa shape index (κ3) is 4.86. The van der Waals surface area contributed by atoms with Crippen molar-refractivity contribution in [1.82, 2.24) is 4.90 Å². The molecule has 0 unspecified atom stereocenters. The van der Waals surface area contributed by atoms with Crippen molar-refractivity contribution in [3.8, 4) is 0 Å². The number of rotatable bonds is 6. The highest BCUT2D eigenvalue weighted by atomic mass is 32.2. The Balaban J connectivity index is 1.57. The summed E-state index contributed by atoms with van der Waals surface area (Å²) in [5.41, 5.74) is 4.79. The summed E-state index contributed by atoms with van der Waals surface area (Å²) in [6.07, 6.45) is 1.76. The quantitative estimate of drug-likeness (QED) is 0.468. The Bertz CT molecular complexity index is 1250. The molecule has 0 aromatic heterocycles. The van der Waals surface area contributed by atoms with Gasteiger partial charge in [0.1, 0.15) is 5.25 Å². The summed E-state index contributed by atoms with van der Waals surface area (Å²) < 4.78 is 0. The second-order valence-electron chi connectivity index (χ2n) is 8.26. The molecule has 1 saturated heterocycles. The minimum absolute atomic E-state index is 0.0818. The van der Waals surface area contributed by atoms with Gasteiger partial charge in [-0.05, 0) is 43.4 Å². The van der Waals surface area contributed by atoms with Crippen molar-refractivity contribution in [2.45, 2.75) is 32.4 Å². The van der Waals surface area contributed by atoms with Crippen LogP contribution in [0.15, 0.2) is 72.2 Å². The molecule has 0 radical (unpaired) electrons. The topological polar surface area (TPSA) is 61.8 Å². The number of anilines is 1. The number of hydrogen-bond acceptors (Lipinski definition) is 4. The van der Waals surface area contributed by atoms with Crippen molar-refractivity contribution in [1.29, 1.82) is 0 Å². The van der Waals surface area contributed by atoms with E-state index < -0.39 is 5.25 Å². The monoisotopic (exact) mass is 457 g/mol. The van der Waals surface area contributed by atoms with Gasteiger partial charge in [0.05, 0.1) is 5.69 Å². The summed E-state index contributed by atoms with van der Waals surface area (Å²) in [5.74, 6) is -0.299. The lowest BCUT2D eigenvalue weighted by Gasteiger charge is -2.15. The predicted molar refractivity (Wildman–Crippen MR) is 138 cm³/mol. The Morgan fingerprint density at radius 2 is 1.82 bits per heavy atom. The number of hydrogen-bond donors (Lipinski definition) is 1. The number of amidine groups is 1. The number of nitrogens with one attached hydrogen (secondary N) is 1. The fraction of sp³-hybridized carbons (Fsp3) is 0.222. The molecule has 0 aliphatic carbocycles. The minimum Gasteiger partial charge on any atom is -0.326 e. The third-order valence-electron chi connectivity index (χ3n) is 5.63. The molecular formula is C27H27N3O2S. The molecule has 0 bridgehead atoms. The number of benzene rings is 3. The lowest BCUT2D eigenvalue weighted by molar-refractivity contribution is -0.127. The predicted octanol–water partition coefficient (Wildman–Crippen LogP) is 5.91. The van der Waals surface area contributed by atoms with E-state index in [-0.39, 0.29) is 18.2 Å². The molecule has 3 aromatic rings. The van der Waals surface area contributed by atoms with Crippen LogP contribution in [0.2, 0.25) is 0 Å². The van der Waals surface area contributed by atoms with Crippen LogP contribution in [-0.4, -0.2) is 33.7 Å². The molecule has 0 saturated carbocycles. The number of nitrogens with zero attached hydrogens (tertiary/aromatic N) is 2. The first-order valence-electron chi connectivity index (χ1n) is 10.9. The van der Waals surface area contributed by atoms with Crippen LogP contribution in [0.3, 0.4) is 0 Å². The van der Waals surface area contributed by atoms with Crippen LogP contribution in [0, 0.1) is 20.8 Å². The second kappa shape index (κ2) is 9.63. The molecule has 1 fully saturated rings. The highest BCUT2D eigenvalue weighted by Gasteiger charge is 2.38. The number of carbonyl (C=O) groups excluding carboxylic acids is 2. The van der Waals surface area contributed by atoms with E-state index in [0.717, 1.165) is 38.8 Å². The Hall–Kier alpha value is -3.38. The Morgan fingerprint density at radius 3 is 2.55 bits per heavy atom. The third-order valence-corrected chi connectivity index (χ3v) is 6.80.